The van der Waals surface area contributed by atoms with Gasteiger partial charge in [-0.1, -0.05) is 26.7 Å². The Bertz CT molecular complexity index is 3050. The van der Waals surface area contributed by atoms with Crippen LogP contribution in [0.3, 0.4) is 0 Å². The molecule has 3 saturated heterocycles. The number of benzene rings is 1. The first kappa shape index (κ1) is 61.6. The van der Waals surface area contributed by atoms with Crippen LogP contribution < -0.4 is 50.4 Å². The maximum atomic E-state index is 14.4. The topological polar surface area (TPSA) is 479 Å². The van der Waals surface area contributed by atoms with Crippen molar-refractivity contribution in [1.29, 1.82) is 0 Å². The number of carbonyl (C=O) groups excluding carboxylic acids is 3. The number of nitrogens with one attached hydrogen (secondary N) is 3. The van der Waals surface area contributed by atoms with E-state index in [1.807, 2.05) is 13.8 Å². The lowest BCUT2D eigenvalue weighted by Crippen LogP contribution is -2.51. The van der Waals surface area contributed by atoms with Crippen molar-refractivity contribution in [1.82, 2.24) is 49.6 Å². The monoisotopic (exact) mass is 1140 g/mol. The summed E-state index contributed by atoms with van der Waals surface area (Å²) >= 11 is 0. The number of aliphatic hydroxyl groups is 6. The first-order valence-corrected chi connectivity index (χ1v) is 26.2. The predicted molar refractivity (Wildman–Crippen MR) is 288 cm³/mol. The van der Waals surface area contributed by atoms with E-state index in [0.717, 1.165) is 12.8 Å². The van der Waals surface area contributed by atoms with E-state index in [4.69, 9.17) is 48.6 Å². The zero-order valence-corrected chi connectivity index (χ0v) is 44.4. The van der Waals surface area contributed by atoms with Crippen LogP contribution in [-0.2, 0) is 28.6 Å². The van der Waals surface area contributed by atoms with E-state index in [9.17, 15) is 58.9 Å². The summed E-state index contributed by atoms with van der Waals surface area (Å²) in [6.45, 7) is 1.89. The summed E-state index contributed by atoms with van der Waals surface area (Å²) in [5, 5.41) is 78.5. The molecule has 1 aromatic carbocycles. The molecule has 3 amide bonds. The lowest BCUT2D eigenvalue weighted by molar-refractivity contribution is -0.125. The maximum Gasteiger partial charge on any atom is 0.237 e. The molecule has 3 fully saturated rings. The molecule has 444 valence electrons. The van der Waals surface area contributed by atoms with E-state index in [-0.39, 0.29) is 35.3 Å². The van der Waals surface area contributed by atoms with E-state index < -0.39 is 142 Å². The zero-order valence-electron chi connectivity index (χ0n) is 44.4. The van der Waals surface area contributed by atoms with Crippen molar-refractivity contribution < 1.29 is 73.1 Å². The molecule has 29 nitrogen and oxygen atoms in total. The number of fused-ring (bicyclic) bond motifs is 3. The lowest BCUT2D eigenvalue weighted by atomic mass is 10.1. The summed E-state index contributed by atoms with van der Waals surface area (Å²) in [5.74, 6) is -2.11. The highest BCUT2D eigenvalue weighted by molar-refractivity contribution is 5.94. The number of amides is 3. The highest BCUT2D eigenvalue weighted by Crippen LogP contribution is 2.39. The number of aromatic hydroxyl groups is 1. The van der Waals surface area contributed by atoms with Crippen molar-refractivity contribution in [2.75, 3.05) is 43.7 Å². The van der Waals surface area contributed by atoms with Crippen molar-refractivity contribution in [3.63, 3.8) is 0 Å². The molecule has 6 unspecified atom stereocenters. The van der Waals surface area contributed by atoms with Gasteiger partial charge in [-0.25, -0.2) is 24.3 Å². The highest BCUT2D eigenvalue weighted by atomic mass is 19.1. The number of hydrogen-bond acceptors (Lipinski definition) is 23. The Kier molecular flexibility index (Phi) is 20.7. The van der Waals surface area contributed by atoms with Crippen LogP contribution >= 0.6 is 0 Å². The number of halogens is 2. The number of ether oxygens (including phenoxy) is 3. The number of nitrogens with zero attached hydrogens (tertiary/aromatic N) is 7. The van der Waals surface area contributed by atoms with Crippen LogP contribution in [0.5, 0.6) is 5.75 Å². The SMILES string of the molecule is CCCC(N)C(=O)N[C@H]1C(O)[C@@H](CO)O[C@H]1n1cc(O)c2c(N)ccnc21.CCCC(N)C(=O)N[C@H]1C(O)[C@@H](CO)O[C@H]1n1cnc2c(N)ccc(F)c21.Nc1ccnc2c1ncn2[C@@H]1O[C@H](CO)C(O)[C@@H]1NC(=O)C(N)CCCF. The van der Waals surface area contributed by atoms with Crippen LogP contribution in [0.1, 0.15) is 71.1 Å². The fourth-order valence-electron chi connectivity index (χ4n) is 9.83. The van der Waals surface area contributed by atoms with Gasteiger partial charge in [-0.3, -0.25) is 32.5 Å². The third-order valence-corrected chi connectivity index (χ3v) is 14.2. The molecular weight excluding hydrogens is 1070 g/mol. The minimum atomic E-state index is -1.21. The van der Waals surface area contributed by atoms with Crippen molar-refractivity contribution in [2.45, 2.75) is 144 Å². The van der Waals surface area contributed by atoms with Crippen molar-refractivity contribution in [2.24, 2.45) is 17.2 Å². The number of aliphatic hydroxyl groups excluding tert-OH is 6. The van der Waals surface area contributed by atoms with E-state index in [1.54, 1.807) is 12.1 Å². The third kappa shape index (κ3) is 13.0. The number of hydrogen-bond donors (Lipinski definition) is 16. The Morgan fingerprint density at radius 1 is 0.617 bits per heavy atom. The first-order chi connectivity index (χ1) is 38.7. The summed E-state index contributed by atoms with van der Waals surface area (Å²) in [4.78, 5) is 53.8. The van der Waals surface area contributed by atoms with Crippen LogP contribution in [0, 0.1) is 5.82 Å². The quantitative estimate of drug-likeness (QED) is 0.0377. The minimum Gasteiger partial charge on any atom is -0.506 e. The van der Waals surface area contributed by atoms with Gasteiger partial charge >= 0.3 is 0 Å². The van der Waals surface area contributed by atoms with Gasteiger partial charge in [0.15, 0.2) is 24.3 Å². The fourth-order valence-corrected chi connectivity index (χ4v) is 9.83. The summed E-state index contributed by atoms with van der Waals surface area (Å²) in [7, 11) is 0. The van der Waals surface area contributed by atoms with Crippen molar-refractivity contribution >= 4 is 68.0 Å². The molecule has 31 heteroatoms. The van der Waals surface area contributed by atoms with Crippen molar-refractivity contribution in [3.05, 3.63) is 61.3 Å². The Morgan fingerprint density at radius 3 is 1.54 bits per heavy atom. The van der Waals surface area contributed by atoms with Gasteiger partial charge in [0.25, 0.3) is 0 Å². The first-order valence-electron chi connectivity index (χ1n) is 26.2. The van der Waals surface area contributed by atoms with Gasteiger partial charge in [0.1, 0.15) is 88.5 Å². The van der Waals surface area contributed by atoms with Gasteiger partial charge in [-0.2, -0.15) is 0 Å². The number of nitrogen functional groups attached to an aromatic ring is 3. The summed E-state index contributed by atoms with van der Waals surface area (Å²) in [6.07, 6.45) is 0.756. The number of pyridine rings is 2. The largest absolute Gasteiger partial charge is 0.506 e. The third-order valence-electron chi connectivity index (χ3n) is 14.2. The Morgan fingerprint density at radius 2 is 1.05 bits per heavy atom. The standard InChI is InChI=1S/C17H24FN5O4.C17H25N5O5.C16H23FN6O4/c1-2-3-10(20)16(26)22-13-15(25)11(6-24)27-17(13)23-7-21-12-9(19)5-4-8(18)14(12)23;1-2-3-9(19)16(26)21-13-14(25)11(7-23)27-17(13)22-6-10(24)12-8(18)4-5-20-15(12)22;17-4-1-2-9(19)15(26)22-12-13(25)10(6-24)27-16(12)23-7-21-11-8(18)3-5-20-14(11)23/h4-5,7,10-11,13,15,17,24-25H,2-3,6,19-20H2,1H3,(H,22,26);4-6,9,11,13-14,17,23-25H,2-3,7,19H2,1H3,(H2,18,20)(H,21,26);3,5,7,9-10,12-13,16,24-25H,1-2,4,6,19H2,(H2,18,20)(H,22,26)/t10?,11-,13+,15?,17-;9?,11-,13+,14?,17-;9?,10-,12+,13?,16-/m111/s1. The fraction of sp³-hybridized carbons (Fsp3) is 0.540. The Balaban J connectivity index is 0.000000175. The number of imidazole rings is 2. The van der Waals surface area contributed by atoms with Gasteiger partial charge in [0.05, 0.1) is 80.2 Å². The molecule has 0 spiro atoms. The number of alkyl halides is 1. The number of anilines is 3. The van der Waals surface area contributed by atoms with Crippen LogP contribution in [0.4, 0.5) is 25.8 Å². The van der Waals surface area contributed by atoms with Crippen LogP contribution in [0.15, 0.2) is 55.5 Å². The molecular formula is C50H72F2N16O13. The highest BCUT2D eigenvalue weighted by Gasteiger charge is 2.49. The van der Waals surface area contributed by atoms with E-state index in [0.29, 0.717) is 46.4 Å². The second kappa shape index (κ2) is 27.2. The molecule has 5 aromatic heterocycles. The average Bonchev–Trinajstić information content (AvgIpc) is 4.50. The number of nitrogens with two attached hydrogens (primary N) is 6. The molecule has 81 heavy (non-hydrogen) atoms. The summed E-state index contributed by atoms with van der Waals surface area (Å²) in [6, 6.07) is 0.616. The van der Waals surface area contributed by atoms with Crippen molar-refractivity contribution in [3.8, 4) is 5.75 Å². The molecule has 8 heterocycles. The second-order valence-corrected chi connectivity index (χ2v) is 19.8. The molecule has 22 N–H and O–H groups in total. The maximum absolute atomic E-state index is 14.4. The van der Waals surface area contributed by atoms with Gasteiger partial charge in [0.2, 0.25) is 17.7 Å². The predicted octanol–water partition coefficient (Wildman–Crippen LogP) is -2.37. The molecule has 15 atom stereocenters. The molecule has 3 aliphatic rings. The minimum absolute atomic E-state index is 0.0860. The normalized spacial score (nSPS) is 26.4. The molecule has 0 bridgehead atoms. The van der Waals surface area contributed by atoms with E-state index >= 15 is 0 Å². The van der Waals surface area contributed by atoms with Crippen LogP contribution in [-0.4, -0.2) is 186 Å². The average molecular weight is 1140 g/mol. The summed E-state index contributed by atoms with van der Waals surface area (Å²) in [5.41, 5.74) is 37.7. The second-order valence-electron chi connectivity index (χ2n) is 19.8. The molecule has 0 saturated carbocycles. The molecule has 6 aromatic rings. The van der Waals surface area contributed by atoms with E-state index in [1.165, 1.54) is 57.1 Å². The molecule has 3 aliphatic heterocycles. The van der Waals surface area contributed by atoms with Crippen LogP contribution in [0.2, 0.25) is 0 Å². The summed E-state index contributed by atoms with van der Waals surface area (Å²) < 4.78 is 48.2. The van der Waals surface area contributed by atoms with E-state index in [2.05, 4.69) is 35.9 Å². The Labute approximate surface area is 461 Å². The number of carbonyl (C=O) groups is 3. The molecule has 0 aliphatic carbocycles. The number of rotatable bonds is 19. The van der Waals surface area contributed by atoms with Gasteiger partial charge in [-0.05, 0) is 49.9 Å². The van der Waals surface area contributed by atoms with Gasteiger partial charge < -0.3 is 100 Å². The van der Waals surface area contributed by atoms with Crippen LogP contribution in [0.25, 0.3) is 33.2 Å². The molecule has 9 rings (SSSR count). The zero-order chi connectivity index (χ0) is 59.0. The molecule has 0 radical (unpaired) electrons. The number of aromatic nitrogens is 7. The Hall–Kier alpha value is -7.01. The lowest BCUT2D eigenvalue weighted by Gasteiger charge is -2.24. The van der Waals surface area contributed by atoms with Gasteiger partial charge in [-0.15, -0.1) is 0 Å². The van der Waals surface area contributed by atoms with Gasteiger partial charge in [0, 0.05) is 18.1 Å². The smallest absolute Gasteiger partial charge is 0.237 e.